The molecule has 2 saturated heterocycles. The first-order valence-electron chi connectivity index (χ1n) is 8.75. The van der Waals surface area contributed by atoms with Gasteiger partial charge in [0.1, 0.15) is 0 Å². The molecular weight excluding hydrogens is 374 g/mol. The van der Waals surface area contributed by atoms with Gasteiger partial charge < -0.3 is 10.1 Å². The summed E-state index contributed by atoms with van der Waals surface area (Å²) >= 11 is 0. The van der Waals surface area contributed by atoms with E-state index in [0.717, 1.165) is 24.2 Å². The maximum Gasteiger partial charge on any atom is 0.338 e. The molecular formula is C17H21N3O6S. The van der Waals surface area contributed by atoms with Gasteiger partial charge in [-0.25, -0.2) is 18.0 Å². The van der Waals surface area contributed by atoms with Crippen LogP contribution in [0.5, 0.6) is 0 Å². The number of amides is 3. The highest BCUT2D eigenvalue weighted by molar-refractivity contribution is 7.89. The molecule has 9 nitrogen and oxygen atoms in total. The minimum absolute atomic E-state index is 0.116. The number of carbonyl (C=O) groups excluding carboxylic acids is 3. The zero-order valence-corrected chi connectivity index (χ0v) is 15.5. The fourth-order valence-corrected chi connectivity index (χ4v) is 4.53. The molecule has 10 heteroatoms. The number of rotatable bonds is 5. The van der Waals surface area contributed by atoms with E-state index in [2.05, 4.69) is 5.32 Å². The fourth-order valence-electron chi connectivity index (χ4n) is 3.02. The van der Waals surface area contributed by atoms with Crippen molar-refractivity contribution in [1.29, 1.82) is 0 Å². The third kappa shape index (κ3) is 4.28. The van der Waals surface area contributed by atoms with E-state index >= 15 is 0 Å². The molecule has 0 saturated carbocycles. The van der Waals surface area contributed by atoms with Gasteiger partial charge in [-0.3, -0.25) is 9.69 Å². The topological polar surface area (TPSA) is 113 Å². The van der Waals surface area contributed by atoms with Crippen LogP contribution in [0, 0.1) is 0 Å². The molecule has 2 fully saturated rings. The van der Waals surface area contributed by atoms with Gasteiger partial charge in [0.2, 0.25) is 10.0 Å². The lowest BCUT2D eigenvalue weighted by atomic mass is 10.2. The Bertz CT molecular complexity index is 831. The maximum atomic E-state index is 12.6. The van der Waals surface area contributed by atoms with Crippen molar-refractivity contribution in [2.75, 3.05) is 32.8 Å². The standard InChI is InChI=1S/C17H21N3O6S/c21-15(20-11-8-18-17(20)23)12-26-16(22)13-4-6-14(7-5-13)27(24,25)19-9-2-1-3-10-19/h4-7H,1-3,8-12H2,(H,18,23). The predicted molar refractivity (Wildman–Crippen MR) is 94.4 cm³/mol. The summed E-state index contributed by atoms with van der Waals surface area (Å²) in [6.07, 6.45) is 2.70. The second-order valence-electron chi connectivity index (χ2n) is 6.34. The quantitative estimate of drug-likeness (QED) is 0.730. The molecule has 1 aromatic carbocycles. The molecule has 0 atom stereocenters. The Kier molecular flexibility index (Phi) is 5.76. The molecule has 27 heavy (non-hydrogen) atoms. The van der Waals surface area contributed by atoms with Gasteiger partial charge in [-0.15, -0.1) is 0 Å². The average Bonchev–Trinajstić information content (AvgIpc) is 3.12. The van der Waals surface area contributed by atoms with E-state index in [-0.39, 0.29) is 17.0 Å². The highest BCUT2D eigenvalue weighted by Crippen LogP contribution is 2.21. The fraction of sp³-hybridized carbons (Fsp3) is 0.471. The summed E-state index contributed by atoms with van der Waals surface area (Å²) < 4.78 is 31.5. The number of carbonyl (C=O) groups is 3. The number of imide groups is 1. The first kappa shape index (κ1) is 19.3. The lowest BCUT2D eigenvalue weighted by Crippen LogP contribution is -2.37. The third-order valence-electron chi connectivity index (χ3n) is 4.53. The van der Waals surface area contributed by atoms with Gasteiger partial charge in [0.05, 0.1) is 10.5 Å². The van der Waals surface area contributed by atoms with Crippen molar-refractivity contribution in [2.24, 2.45) is 0 Å². The van der Waals surface area contributed by atoms with Crippen molar-refractivity contribution < 1.29 is 27.5 Å². The summed E-state index contributed by atoms with van der Waals surface area (Å²) in [5.41, 5.74) is 0.131. The van der Waals surface area contributed by atoms with Crippen LogP contribution in [0.4, 0.5) is 4.79 Å². The highest BCUT2D eigenvalue weighted by atomic mass is 32.2. The molecule has 0 radical (unpaired) electrons. The molecule has 2 aliphatic rings. The van der Waals surface area contributed by atoms with Gasteiger partial charge in [-0.2, -0.15) is 4.31 Å². The highest BCUT2D eigenvalue weighted by Gasteiger charge is 2.28. The van der Waals surface area contributed by atoms with E-state index in [0.29, 0.717) is 19.6 Å². The molecule has 0 aromatic heterocycles. The maximum absolute atomic E-state index is 12.6. The van der Waals surface area contributed by atoms with Crippen LogP contribution in [0.2, 0.25) is 0 Å². The summed E-state index contributed by atoms with van der Waals surface area (Å²) in [7, 11) is -3.57. The molecule has 0 spiro atoms. The van der Waals surface area contributed by atoms with Crippen LogP contribution in [0.1, 0.15) is 29.6 Å². The number of benzene rings is 1. The van der Waals surface area contributed by atoms with E-state index in [9.17, 15) is 22.8 Å². The van der Waals surface area contributed by atoms with Crippen LogP contribution in [-0.2, 0) is 19.6 Å². The molecule has 1 aromatic rings. The Morgan fingerprint density at radius 1 is 1.04 bits per heavy atom. The van der Waals surface area contributed by atoms with E-state index in [1.807, 2.05) is 0 Å². The first-order valence-corrected chi connectivity index (χ1v) is 10.2. The van der Waals surface area contributed by atoms with Crippen LogP contribution in [0.3, 0.4) is 0 Å². The Balaban J connectivity index is 1.60. The van der Waals surface area contributed by atoms with Crippen LogP contribution in [-0.4, -0.2) is 68.3 Å². The number of esters is 1. The largest absolute Gasteiger partial charge is 0.452 e. The summed E-state index contributed by atoms with van der Waals surface area (Å²) in [5.74, 6) is -1.37. The molecule has 3 amide bonds. The lowest BCUT2D eigenvalue weighted by molar-refractivity contribution is -0.130. The normalized spacial score (nSPS) is 18.2. The summed E-state index contributed by atoms with van der Waals surface area (Å²) in [6.45, 7) is 1.04. The van der Waals surface area contributed by atoms with E-state index < -0.39 is 34.5 Å². The Labute approximate surface area is 157 Å². The van der Waals surface area contributed by atoms with Crippen LogP contribution >= 0.6 is 0 Å². The van der Waals surface area contributed by atoms with Crippen molar-refractivity contribution in [1.82, 2.24) is 14.5 Å². The summed E-state index contributed by atoms with van der Waals surface area (Å²) in [6, 6.07) is 4.91. The second kappa shape index (κ2) is 8.05. The minimum atomic E-state index is -3.57. The number of nitrogens with zero attached hydrogens (tertiary/aromatic N) is 2. The number of piperidine rings is 1. The van der Waals surface area contributed by atoms with Crippen LogP contribution < -0.4 is 5.32 Å². The number of sulfonamides is 1. The first-order chi connectivity index (χ1) is 12.9. The smallest absolute Gasteiger partial charge is 0.338 e. The number of hydrogen-bond donors (Lipinski definition) is 1. The van der Waals surface area contributed by atoms with Gasteiger partial charge in [-0.05, 0) is 37.1 Å². The van der Waals surface area contributed by atoms with Gasteiger partial charge >= 0.3 is 12.0 Å². The second-order valence-corrected chi connectivity index (χ2v) is 8.28. The van der Waals surface area contributed by atoms with Gasteiger partial charge in [0, 0.05) is 26.2 Å². The molecule has 0 aliphatic carbocycles. The van der Waals surface area contributed by atoms with Crippen molar-refractivity contribution in [3.05, 3.63) is 29.8 Å². The lowest BCUT2D eigenvalue weighted by Gasteiger charge is -2.25. The van der Waals surface area contributed by atoms with Crippen molar-refractivity contribution in [3.63, 3.8) is 0 Å². The molecule has 2 heterocycles. The molecule has 0 unspecified atom stereocenters. The number of nitrogens with one attached hydrogen (secondary N) is 1. The Morgan fingerprint density at radius 2 is 1.70 bits per heavy atom. The van der Waals surface area contributed by atoms with Gasteiger partial charge in [-0.1, -0.05) is 6.42 Å². The molecule has 146 valence electrons. The molecule has 3 rings (SSSR count). The molecule has 2 aliphatic heterocycles. The Morgan fingerprint density at radius 3 is 2.30 bits per heavy atom. The van der Waals surface area contributed by atoms with Gasteiger partial charge in [0.25, 0.3) is 5.91 Å². The zero-order chi connectivity index (χ0) is 19.4. The van der Waals surface area contributed by atoms with Crippen molar-refractivity contribution in [2.45, 2.75) is 24.2 Å². The molecule has 0 bridgehead atoms. The summed E-state index contributed by atoms with van der Waals surface area (Å²) in [5, 5.41) is 2.48. The Hall–Kier alpha value is -2.46. The average molecular weight is 395 g/mol. The molecule has 1 N–H and O–H groups in total. The predicted octanol–water partition coefficient (Wildman–Crippen LogP) is 0.570. The third-order valence-corrected chi connectivity index (χ3v) is 6.44. The summed E-state index contributed by atoms with van der Waals surface area (Å²) in [4.78, 5) is 36.4. The number of ether oxygens (including phenoxy) is 1. The van der Waals surface area contributed by atoms with Gasteiger partial charge in [0.15, 0.2) is 6.61 Å². The van der Waals surface area contributed by atoms with Crippen molar-refractivity contribution >= 4 is 27.9 Å². The number of urea groups is 1. The van der Waals surface area contributed by atoms with Crippen LogP contribution in [0.15, 0.2) is 29.2 Å². The minimum Gasteiger partial charge on any atom is -0.452 e. The number of hydrogen-bond acceptors (Lipinski definition) is 6. The zero-order valence-electron chi connectivity index (χ0n) is 14.7. The van der Waals surface area contributed by atoms with Crippen LogP contribution in [0.25, 0.3) is 0 Å². The van der Waals surface area contributed by atoms with E-state index in [4.69, 9.17) is 4.74 Å². The van der Waals surface area contributed by atoms with Crippen molar-refractivity contribution in [3.8, 4) is 0 Å². The van der Waals surface area contributed by atoms with E-state index in [1.54, 1.807) is 0 Å². The SMILES string of the molecule is O=C(OCC(=O)N1CCNC1=O)c1ccc(S(=O)(=O)N2CCCCC2)cc1. The monoisotopic (exact) mass is 395 g/mol. The van der Waals surface area contributed by atoms with E-state index in [1.165, 1.54) is 28.6 Å².